The number of nitrogens with two attached hydrogens (primary N) is 1. The van der Waals surface area contributed by atoms with E-state index in [0.717, 1.165) is 11.4 Å². The zero-order chi connectivity index (χ0) is 9.52. The first-order chi connectivity index (χ1) is 6.36. The Morgan fingerprint density at radius 1 is 1.54 bits per heavy atom. The Labute approximate surface area is 77.9 Å². The smallest absolute Gasteiger partial charge is 0.137 e. The normalized spacial score (nSPS) is 8.77. The van der Waals surface area contributed by atoms with Crippen molar-refractivity contribution in [3.8, 4) is 17.6 Å². The second kappa shape index (κ2) is 5.18. The number of hydrogen-bond donors (Lipinski definition) is 1. The van der Waals surface area contributed by atoms with Crippen molar-refractivity contribution in [2.75, 3.05) is 13.7 Å². The minimum atomic E-state index is 0.586. The van der Waals surface area contributed by atoms with Crippen molar-refractivity contribution >= 4 is 0 Å². The first-order valence-electron chi connectivity index (χ1n) is 4.06. The molecule has 0 saturated carbocycles. The summed E-state index contributed by atoms with van der Waals surface area (Å²) in [4.78, 5) is 4.08. The number of aromatic nitrogens is 1. The summed E-state index contributed by atoms with van der Waals surface area (Å²) in [7, 11) is 1.61. The van der Waals surface area contributed by atoms with E-state index < -0.39 is 0 Å². The molecule has 0 atom stereocenters. The van der Waals surface area contributed by atoms with Gasteiger partial charge in [0.2, 0.25) is 0 Å². The third-order valence-corrected chi connectivity index (χ3v) is 1.46. The predicted molar refractivity (Wildman–Crippen MR) is 51.3 cm³/mol. The maximum atomic E-state index is 5.30. The monoisotopic (exact) mass is 176 g/mol. The molecule has 0 aliphatic heterocycles. The van der Waals surface area contributed by atoms with Gasteiger partial charge in [-0.25, -0.2) is 4.98 Å². The summed E-state index contributed by atoms with van der Waals surface area (Å²) in [5.41, 5.74) is 6.04. The lowest BCUT2D eigenvalue weighted by Crippen LogP contribution is -1.95. The Bertz CT molecular complexity index is 308. The largest absolute Gasteiger partial charge is 0.495 e. The quantitative estimate of drug-likeness (QED) is 0.678. The molecule has 0 radical (unpaired) electrons. The molecule has 0 amide bonds. The van der Waals surface area contributed by atoms with Gasteiger partial charge in [0.05, 0.1) is 13.3 Å². The summed E-state index contributed by atoms with van der Waals surface area (Å²) in [6, 6.07) is 3.65. The molecule has 1 rings (SSSR count). The van der Waals surface area contributed by atoms with Crippen molar-refractivity contribution in [1.82, 2.24) is 4.98 Å². The molecule has 3 heteroatoms. The molecule has 13 heavy (non-hydrogen) atoms. The van der Waals surface area contributed by atoms with Crippen LogP contribution in [0.2, 0.25) is 0 Å². The number of rotatable bonds is 2. The molecule has 0 aliphatic rings. The van der Waals surface area contributed by atoms with Crippen molar-refractivity contribution in [1.29, 1.82) is 0 Å². The standard InChI is InChI=1S/C10H12N2O/c1-13-10-6-5-9(12-8-10)4-2-3-7-11/h5-6,8H,3,7,11H2,1H3. The lowest BCUT2D eigenvalue weighted by Gasteiger charge is -1.96. The average Bonchev–Trinajstić information content (AvgIpc) is 2.19. The maximum Gasteiger partial charge on any atom is 0.137 e. The topological polar surface area (TPSA) is 48.1 Å². The Balaban J connectivity index is 2.65. The molecule has 0 spiro atoms. The Morgan fingerprint density at radius 2 is 2.38 bits per heavy atom. The van der Waals surface area contributed by atoms with Crippen LogP contribution in [0.1, 0.15) is 12.1 Å². The molecule has 2 N–H and O–H groups in total. The molecule has 1 aromatic rings. The van der Waals surface area contributed by atoms with Gasteiger partial charge >= 0.3 is 0 Å². The summed E-state index contributed by atoms with van der Waals surface area (Å²) in [6.45, 7) is 0.586. The minimum Gasteiger partial charge on any atom is -0.495 e. The lowest BCUT2D eigenvalue weighted by atomic mass is 10.3. The lowest BCUT2D eigenvalue weighted by molar-refractivity contribution is 0.413. The van der Waals surface area contributed by atoms with E-state index in [9.17, 15) is 0 Å². The number of nitrogens with zero attached hydrogens (tertiary/aromatic N) is 1. The van der Waals surface area contributed by atoms with Gasteiger partial charge < -0.3 is 10.5 Å². The number of ether oxygens (including phenoxy) is 1. The molecule has 1 heterocycles. The van der Waals surface area contributed by atoms with E-state index in [4.69, 9.17) is 10.5 Å². The first kappa shape index (κ1) is 9.56. The van der Waals surface area contributed by atoms with Crippen LogP contribution in [0.3, 0.4) is 0 Å². The molecule has 1 aromatic heterocycles. The molecular formula is C10H12N2O. The van der Waals surface area contributed by atoms with Gasteiger partial charge in [-0.05, 0) is 18.1 Å². The average molecular weight is 176 g/mol. The van der Waals surface area contributed by atoms with Gasteiger partial charge in [0.15, 0.2) is 0 Å². The highest BCUT2D eigenvalue weighted by atomic mass is 16.5. The van der Waals surface area contributed by atoms with Crippen LogP contribution >= 0.6 is 0 Å². The van der Waals surface area contributed by atoms with Crippen LogP contribution in [0.5, 0.6) is 5.75 Å². The zero-order valence-corrected chi connectivity index (χ0v) is 7.58. The molecular weight excluding hydrogens is 164 g/mol. The summed E-state index contributed by atoms with van der Waals surface area (Å²) in [5, 5.41) is 0. The number of pyridine rings is 1. The highest BCUT2D eigenvalue weighted by Crippen LogP contribution is 2.06. The molecule has 0 unspecified atom stereocenters. The SMILES string of the molecule is COc1ccc(C#CCCN)nc1. The van der Waals surface area contributed by atoms with Crippen molar-refractivity contribution in [2.45, 2.75) is 6.42 Å². The minimum absolute atomic E-state index is 0.586. The predicted octanol–water partition coefficient (Wildman–Crippen LogP) is 0.790. The Morgan fingerprint density at radius 3 is 2.92 bits per heavy atom. The van der Waals surface area contributed by atoms with Crippen LogP contribution in [-0.2, 0) is 0 Å². The molecule has 3 nitrogen and oxygen atoms in total. The van der Waals surface area contributed by atoms with Gasteiger partial charge in [-0.3, -0.25) is 0 Å². The summed E-state index contributed by atoms with van der Waals surface area (Å²) in [5.74, 6) is 6.55. The van der Waals surface area contributed by atoms with Crippen LogP contribution in [0, 0.1) is 11.8 Å². The molecule has 0 fully saturated rings. The van der Waals surface area contributed by atoms with Gasteiger partial charge in [0, 0.05) is 13.0 Å². The van der Waals surface area contributed by atoms with E-state index in [1.807, 2.05) is 12.1 Å². The van der Waals surface area contributed by atoms with E-state index in [0.29, 0.717) is 13.0 Å². The van der Waals surface area contributed by atoms with E-state index in [2.05, 4.69) is 16.8 Å². The Kier molecular flexibility index (Phi) is 3.80. The number of methoxy groups -OCH3 is 1. The third-order valence-electron chi connectivity index (χ3n) is 1.46. The van der Waals surface area contributed by atoms with Crippen LogP contribution in [-0.4, -0.2) is 18.6 Å². The van der Waals surface area contributed by atoms with E-state index in [1.165, 1.54) is 0 Å². The van der Waals surface area contributed by atoms with Crippen molar-refractivity contribution < 1.29 is 4.74 Å². The van der Waals surface area contributed by atoms with Crippen LogP contribution in [0.15, 0.2) is 18.3 Å². The fourth-order valence-corrected chi connectivity index (χ4v) is 0.800. The van der Waals surface area contributed by atoms with Gasteiger partial charge in [-0.2, -0.15) is 0 Å². The van der Waals surface area contributed by atoms with E-state index in [-0.39, 0.29) is 0 Å². The van der Waals surface area contributed by atoms with Crippen molar-refractivity contribution in [3.05, 3.63) is 24.0 Å². The highest BCUT2D eigenvalue weighted by Gasteiger charge is 1.90. The van der Waals surface area contributed by atoms with Crippen LogP contribution < -0.4 is 10.5 Å². The first-order valence-corrected chi connectivity index (χ1v) is 4.06. The molecule has 0 aliphatic carbocycles. The maximum absolute atomic E-state index is 5.30. The Hall–Kier alpha value is -1.53. The van der Waals surface area contributed by atoms with Gasteiger partial charge in [-0.15, -0.1) is 0 Å². The third kappa shape index (κ3) is 3.14. The molecule has 0 bridgehead atoms. The highest BCUT2D eigenvalue weighted by molar-refractivity contribution is 5.30. The molecule has 0 saturated heterocycles. The second-order valence-electron chi connectivity index (χ2n) is 2.42. The molecule has 68 valence electrons. The van der Waals surface area contributed by atoms with E-state index in [1.54, 1.807) is 13.3 Å². The fourth-order valence-electron chi connectivity index (χ4n) is 0.800. The summed E-state index contributed by atoms with van der Waals surface area (Å²) < 4.78 is 4.96. The fraction of sp³-hybridized carbons (Fsp3) is 0.300. The second-order valence-corrected chi connectivity index (χ2v) is 2.42. The van der Waals surface area contributed by atoms with Crippen molar-refractivity contribution in [3.63, 3.8) is 0 Å². The number of hydrogen-bond acceptors (Lipinski definition) is 3. The molecule has 0 aromatic carbocycles. The van der Waals surface area contributed by atoms with Crippen LogP contribution in [0.25, 0.3) is 0 Å². The van der Waals surface area contributed by atoms with Gasteiger partial charge in [0.25, 0.3) is 0 Å². The summed E-state index contributed by atoms with van der Waals surface area (Å²) in [6.07, 6.45) is 2.35. The van der Waals surface area contributed by atoms with Crippen molar-refractivity contribution in [2.24, 2.45) is 5.73 Å². The summed E-state index contributed by atoms with van der Waals surface area (Å²) >= 11 is 0. The zero-order valence-electron chi connectivity index (χ0n) is 7.58. The van der Waals surface area contributed by atoms with Gasteiger partial charge in [-0.1, -0.05) is 5.92 Å². The van der Waals surface area contributed by atoms with Crippen LogP contribution in [0.4, 0.5) is 0 Å². The van der Waals surface area contributed by atoms with E-state index >= 15 is 0 Å². The van der Waals surface area contributed by atoms with Gasteiger partial charge in [0.1, 0.15) is 11.4 Å².